The molecule has 2 aromatic heterocycles. The van der Waals surface area contributed by atoms with Crippen molar-refractivity contribution >= 4 is 27.3 Å². The number of aromatic nitrogens is 2. The molecule has 4 aromatic rings. The van der Waals surface area contributed by atoms with Crippen LogP contribution >= 0.6 is 11.3 Å². The predicted octanol–water partition coefficient (Wildman–Crippen LogP) is 3.64. The van der Waals surface area contributed by atoms with Crippen molar-refractivity contribution in [3.63, 3.8) is 0 Å². The molecule has 2 aromatic carbocycles. The third-order valence-electron chi connectivity index (χ3n) is 3.18. The summed E-state index contributed by atoms with van der Waals surface area (Å²) >= 11 is 1.74. The molecule has 0 saturated carbocycles. The lowest BCUT2D eigenvalue weighted by molar-refractivity contribution is -0.463. The van der Waals surface area contributed by atoms with E-state index in [0.29, 0.717) is 0 Å². The van der Waals surface area contributed by atoms with E-state index >= 15 is 0 Å². The summed E-state index contributed by atoms with van der Waals surface area (Å²) in [6, 6.07) is 18.9. The van der Waals surface area contributed by atoms with E-state index in [-0.39, 0.29) is 0 Å². The molecule has 0 unspecified atom stereocenters. The van der Waals surface area contributed by atoms with Crippen molar-refractivity contribution in [2.75, 3.05) is 0 Å². The van der Waals surface area contributed by atoms with Crippen LogP contribution in [-0.2, 0) is 0 Å². The van der Waals surface area contributed by atoms with Gasteiger partial charge in [-0.05, 0) is 12.1 Å². The number of hydrogen-bond acceptors (Lipinski definition) is 1. The van der Waals surface area contributed by atoms with Gasteiger partial charge in [0, 0.05) is 10.9 Å². The van der Waals surface area contributed by atoms with E-state index in [9.17, 15) is 0 Å². The highest BCUT2D eigenvalue weighted by Gasteiger charge is 2.18. The molecule has 86 valence electrons. The van der Waals surface area contributed by atoms with Gasteiger partial charge >= 0.3 is 4.96 Å². The Kier molecular flexibility index (Phi) is 2.02. The molecule has 3 heteroatoms. The number of nitrogens with one attached hydrogen (secondary N) is 1. The van der Waals surface area contributed by atoms with E-state index in [0.717, 1.165) is 0 Å². The largest absolute Gasteiger partial charge is 0.344 e. The summed E-state index contributed by atoms with van der Waals surface area (Å²) in [4.78, 5) is 4.63. The first kappa shape index (κ1) is 9.85. The lowest BCUT2D eigenvalue weighted by Gasteiger charge is -1.94. The Hall–Kier alpha value is -2.13. The van der Waals surface area contributed by atoms with Gasteiger partial charge in [0.1, 0.15) is 0 Å². The maximum atomic E-state index is 3.45. The van der Waals surface area contributed by atoms with Crippen LogP contribution in [0.4, 0.5) is 0 Å². The molecule has 18 heavy (non-hydrogen) atoms. The summed E-state index contributed by atoms with van der Waals surface area (Å²) < 4.78 is 2.29. The van der Waals surface area contributed by atoms with E-state index in [1.807, 2.05) is 6.07 Å². The molecule has 2 nitrogen and oxygen atoms in total. The van der Waals surface area contributed by atoms with Gasteiger partial charge in [0.15, 0.2) is 16.7 Å². The second-order valence-electron chi connectivity index (χ2n) is 4.27. The smallest absolute Gasteiger partial charge is 0.227 e. The maximum absolute atomic E-state index is 3.45. The topological polar surface area (TPSA) is 19.9 Å². The second-order valence-corrected chi connectivity index (χ2v) is 5.13. The van der Waals surface area contributed by atoms with Crippen LogP contribution in [0.2, 0.25) is 0 Å². The Morgan fingerprint density at radius 2 is 1.67 bits per heavy atom. The highest BCUT2D eigenvalue weighted by molar-refractivity contribution is 7.15. The quantitative estimate of drug-likeness (QED) is 0.498. The van der Waals surface area contributed by atoms with Crippen molar-refractivity contribution in [2.24, 2.45) is 0 Å². The Morgan fingerprint density at radius 3 is 2.56 bits per heavy atom. The Bertz CT molecular complexity index is 827. The molecule has 0 aliphatic rings. The molecule has 0 spiro atoms. The normalized spacial score (nSPS) is 11.3. The molecule has 0 bridgehead atoms. The van der Waals surface area contributed by atoms with E-state index in [4.69, 9.17) is 0 Å². The van der Waals surface area contributed by atoms with Crippen LogP contribution < -0.4 is 4.40 Å². The second kappa shape index (κ2) is 3.68. The number of imidazole rings is 1. The van der Waals surface area contributed by atoms with Gasteiger partial charge in [-0.1, -0.05) is 53.8 Å². The summed E-state index contributed by atoms with van der Waals surface area (Å²) in [6.07, 6.45) is 0. The van der Waals surface area contributed by atoms with Gasteiger partial charge in [0.2, 0.25) is 0 Å². The summed E-state index contributed by atoms with van der Waals surface area (Å²) in [5.41, 5.74) is 4.90. The maximum Gasteiger partial charge on any atom is 0.344 e. The predicted molar refractivity (Wildman–Crippen MR) is 74.8 cm³/mol. The molecule has 0 fully saturated rings. The van der Waals surface area contributed by atoms with E-state index in [1.54, 1.807) is 11.3 Å². The third-order valence-corrected chi connectivity index (χ3v) is 4.03. The zero-order valence-corrected chi connectivity index (χ0v) is 10.4. The number of benzene rings is 2. The zero-order chi connectivity index (χ0) is 11.9. The Labute approximate surface area is 108 Å². The number of hydrogen-bond donors (Lipinski definition) is 1. The van der Waals surface area contributed by atoms with Gasteiger partial charge < -0.3 is 0 Å². The summed E-state index contributed by atoms with van der Waals surface area (Å²) in [6.45, 7) is 0. The number of thiazole rings is 1. The average molecular weight is 251 g/mol. The van der Waals surface area contributed by atoms with Crippen molar-refractivity contribution in [3.8, 4) is 11.3 Å². The fraction of sp³-hybridized carbons (Fsp3) is 0. The number of H-pyrrole nitrogens is 1. The molecular weight excluding hydrogens is 240 g/mol. The molecule has 0 amide bonds. The standard InChI is InChI=1S/C15H10N2S/c1-2-6-11(7-3-1)14-10-18-15-16-12-8-4-5-9-13(12)17(14)15/h1-10H/p+1. The molecule has 1 N–H and O–H groups in total. The van der Waals surface area contributed by atoms with E-state index < -0.39 is 0 Å². The van der Waals surface area contributed by atoms with Crippen LogP contribution in [0.1, 0.15) is 0 Å². The van der Waals surface area contributed by atoms with Gasteiger partial charge in [-0.25, -0.2) is 4.98 Å². The molecule has 2 heterocycles. The van der Waals surface area contributed by atoms with Gasteiger partial charge in [-0.3, -0.25) is 0 Å². The molecular formula is C15H11N2S+. The van der Waals surface area contributed by atoms with Crippen molar-refractivity contribution < 1.29 is 4.40 Å². The molecule has 0 radical (unpaired) electrons. The van der Waals surface area contributed by atoms with E-state index in [2.05, 4.69) is 63.3 Å². The zero-order valence-electron chi connectivity index (χ0n) is 9.63. The lowest BCUT2D eigenvalue weighted by Crippen LogP contribution is -2.19. The first-order chi connectivity index (χ1) is 8.93. The fourth-order valence-electron chi connectivity index (χ4n) is 2.35. The van der Waals surface area contributed by atoms with Crippen molar-refractivity contribution in [2.45, 2.75) is 0 Å². The van der Waals surface area contributed by atoms with Crippen LogP contribution in [0, 0.1) is 0 Å². The first-order valence-corrected chi connectivity index (χ1v) is 6.77. The first-order valence-electron chi connectivity index (χ1n) is 5.89. The van der Waals surface area contributed by atoms with Crippen LogP contribution in [0.5, 0.6) is 0 Å². The minimum absolute atomic E-state index is 1.18. The highest BCUT2D eigenvalue weighted by Crippen LogP contribution is 2.23. The van der Waals surface area contributed by atoms with Crippen molar-refractivity contribution in [1.29, 1.82) is 0 Å². The third kappa shape index (κ3) is 1.31. The Balaban J connectivity index is 2.13. The molecule has 0 aliphatic heterocycles. The summed E-state index contributed by atoms with van der Waals surface area (Å²) in [5, 5.41) is 2.20. The average Bonchev–Trinajstić information content (AvgIpc) is 2.98. The number of nitrogens with zero attached hydrogens (tertiary/aromatic N) is 1. The molecule has 4 rings (SSSR count). The number of para-hydroxylation sites is 2. The van der Waals surface area contributed by atoms with Crippen LogP contribution in [0.15, 0.2) is 60.0 Å². The number of fused-ring (bicyclic) bond motifs is 3. The monoisotopic (exact) mass is 251 g/mol. The molecule has 0 atom stereocenters. The summed E-state index contributed by atoms with van der Waals surface area (Å²) in [7, 11) is 0. The van der Waals surface area contributed by atoms with Crippen LogP contribution in [0.3, 0.4) is 0 Å². The molecule has 0 aliphatic carbocycles. The fourth-order valence-corrected chi connectivity index (χ4v) is 3.28. The van der Waals surface area contributed by atoms with Crippen molar-refractivity contribution in [1.82, 2.24) is 4.98 Å². The highest BCUT2D eigenvalue weighted by atomic mass is 32.1. The Morgan fingerprint density at radius 1 is 0.889 bits per heavy atom. The SMILES string of the molecule is c1ccc(-c2csc3[nH]c4ccccc4[n+]23)cc1. The lowest BCUT2D eigenvalue weighted by atomic mass is 10.2. The van der Waals surface area contributed by atoms with Crippen LogP contribution in [-0.4, -0.2) is 4.98 Å². The van der Waals surface area contributed by atoms with Gasteiger partial charge in [-0.2, -0.15) is 4.40 Å². The molecule has 0 saturated heterocycles. The van der Waals surface area contributed by atoms with Crippen LogP contribution in [0.25, 0.3) is 27.3 Å². The van der Waals surface area contributed by atoms with Gasteiger partial charge in [0.05, 0.1) is 0 Å². The number of aromatic amines is 1. The van der Waals surface area contributed by atoms with Gasteiger partial charge in [0.25, 0.3) is 0 Å². The van der Waals surface area contributed by atoms with Gasteiger partial charge in [-0.15, -0.1) is 0 Å². The minimum Gasteiger partial charge on any atom is -0.227 e. The number of rotatable bonds is 1. The summed E-state index contributed by atoms with van der Waals surface area (Å²) in [5.74, 6) is 0. The van der Waals surface area contributed by atoms with Crippen molar-refractivity contribution in [3.05, 3.63) is 60.0 Å². The minimum atomic E-state index is 1.18. The van der Waals surface area contributed by atoms with E-state index in [1.165, 1.54) is 27.3 Å².